The molecule has 0 saturated heterocycles. The fourth-order valence-corrected chi connectivity index (χ4v) is 2.03. The third-order valence-corrected chi connectivity index (χ3v) is 2.90. The molecule has 4 nitrogen and oxygen atoms in total. The van der Waals surface area contributed by atoms with Gasteiger partial charge in [-0.15, -0.1) is 11.3 Å². The fourth-order valence-electron chi connectivity index (χ4n) is 1.32. The van der Waals surface area contributed by atoms with E-state index in [2.05, 4.69) is 9.84 Å². The maximum atomic E-state index is 12.8. The van der Waals surface area contributed by atoms with Crippen molar-refractivity contribution in [1.29, 1.82) is 0 Å². The molecule has 84 valence electrons. The van der Waals surface area contributed by atoms with E-state index in [0.29, 0.717) is 12.2 Å². The Kier molecular flexibility index (Phi) is 3.00. The van der Waals surface area contributed by atoms with E-state index in [1.54, 1.807) is 12.1 Å². The topological polar surface area (TPSA) is 44.1 Å². The highest BCUT2D eigenvalue weighted by molar-refractivity contribution is 7.10. The van der Waals surface area contributed by atoms with Gasteiger partial charge in [0.1, 0.15) is 5.69 Å². The Bertz CT molecular complexity index is 506. The van der Waals surface area contributed by atoms with E-state index < -0.39 is 5.97 Å². The number of hydrogen-bond acceptors (Lipinski definition) is 4. The van der Waals surface area contributed by atoms with E-state index in [9.17, 15) is 9.18 Å². The summed E-state index contributed by atoms with van der Waals surface area (Å²) in [4.78, 5) is 12.1. The molecular weight excluding hydrogens is 231 g/mol. The Labute approximate surface area is 95.3 Å². The molecule has 0 amide bonds. The van der Waals surface area contributed by atoms with Crippen molar-refractivity contribution in [2.45, 2.75) is 6.54 Å². The highest BCUT2D eigenvalue weighted by atomic mass is 32.1. The highest BCUT2D eigenvalue weighted by Gasteiger charge is 2.12. The lowest BCUT2D eigenvalue weighted by molar-refractivity contribution is 0.0587. The number of esters is 1. The number of methoxy groups -OCH3 is 1. The van der Waals surface area contributed by atoms with Crippen molar-refractivity contribution in [3.05, 3.63) is 40.1 Å². The molecule has 0 atom stereocenters. The molecule has 0 saturated carbocycles. The Balaban J connectivity index is 2.22. The molecule has 6 heteroatoms. The molecule has 2 heterocycles. The molecule has 0 aromatic carbocycles. The van der Waals surface area contributed by atoms with Gasteiger partial charge in [-0.2, -0.15) is 9.49 Å². The fraction of sp³-hybridized carbons (Fsp3) is 0.200. The minimum atomic E-state index is -0.450. The standard InChI is InChI=1S/C10H9FN2O2S/c1-15-10(14)8-4-5-12-13(8)6-7-2-3-9(11)16-7/h2-5H,6H2,1H3. The lowest BCUT2D eigenvalue weighted by atomic mass is 10.4. The van der Waals surface area contributed by atoms with Crippen LogP contribution >= 0.6 is 11.3 Å². The van der Waals surface area contributed by atoms with Gasteiger partial charge in [-0.1, -0.05) is 0 Å². The van der Waals surface area contributed by atoms with Crippen LogP contribution in [0.4, 0.5) is 4.39 Å². The summed E-state index contributed by atoms with van der Waals surface area (Å²) in [6.07, 6.45) is 1.51. The molecular formula is C10H9FN2O2S. The zero-order valence-corrected chi connectivity index (χ0v) is 9.33. The number of rotatable bonds is 3. The first kappa shape index (κ1) is 10.8. The summed E-state index contributed by atoms with van der Waals surface area (Å²) in [6.45, 7) is 0.367. The van der Waals surface area contributed by atoms with Gasteiger partial charge in [-0.05, 0) is 18.2 Å². The first-order valence-corrected chi connectivity index (χ1v) is 5.36. The van der Waals surface area contributed by atoms with Crippen molar-refractivity contribution in [2.24, 2.45) is 0 Å². The predicted octanol–water partition coefficient (Wildman–Crippen LogP) is 1.92. The maximum Gasteiger partial charge on any atom is 0.356 e. The van der Waals surface area contributed by atoms with Gasteiger partial charge in [0.15, 0.2) is 5.13 Å². The first-order chi connectivity index (χ1) is 7.70. The number of hydrogen-bond donors (Lipinski definition) is 0. The van der Waals surface area contributed by atoms with Crippen molar-refractivity contribution in [1.82, 2.24) is 9.78 Å². The summed E-state index contributed by atoms with van der Waals surface area (Å²) in [5, 5.41) is 3.74. The van der Waals surface area contributed by atoms with Gasteiger partial charge in [-0.25, -0.2) is 4.79 Å². The van der Waals surface area contributed by atoms with E-state index >= 15 is 0 Å². The molecule has 0 aliphatic carbocycles. The normalized spacial score (nSPS) is 10.4. The minimum absolute atomic E-state index is 0.248. The van der Waals surface area contributed by atoms with Crippen LogP contribution in [0.15, 0.2) is 24.4 Å². The number of thiophene rings is 1. The SMILES string of the molecule is COC(=O)c1ccnn1Cc1ccc(F)s1. The van der Waals surface area contributed by atoms with Crippen LogP contribution in [-0.2, 0) is 11.3 Å². The number of ether oxygens (including phenoxy) is 1. The molecule has 2 aromatic rings. The summed E-state index contributed by atoms with van der Waals surface area (Å²) >= 11 is 1.03. The van der Waals surface area contributed by atoms with Crippen molar-refractivity contribution < 1.29 is 13.9 Å². The summed E-state index contributed by atoms with van der Waals surface area (Å²) in [5.41, 5.74) is 0.358. The number of carbonyl (C=O) groups is 1. The van der Waals surface area contributed by atoms with E-state index in [1.807, 2.05) is 0 Å². The second kappa shape index (κ2) is 4.44. The third kappa shape index (κ3) is 2.11. The summed E-state index contributed by atoms with van der Waals surface area (Å²) in [7, 11) is 1.31. The van der Waals surface area contributed by atoms with E-state index in [-0.39, 0.29) is 5.13 Å². The third-order valence-electron chi connectivity index (χ3n) is 2.05. The molecule has 0 radical (unpaired) electrons. The molecule has 0 N–H and O–H groups in total. The first-order valence-electron chi connectivity index (χ1n) is 4.55. The predicted molar refractivity (Wildman–Crippen MR) is 56.9 cm³/mol. The van der Waals surface area contributed by atoms with Crippen LogP contribution in [0.5, 0.6) is 0 Å². The van der Waals surface area contributed by atoms with Crippen molar-refractivity contribution in [3.8, 4) is 0 Å². The molecule has 0 bridgehead atoms. The molecule has 0 aliphatic rings. The maximum absolute atomic E-state index is 12.8. The Morgan fingerprint density at radius 3 is 3.00 bits per heavy atom. The average molecular weight is 240 g/mol. The molecule has 0 aliphatic heterocycles. The quantitative estimate of drug-likeness (QED) is 0.770. The smallest absolute Gasteiger partial charge is 0.356 e. The van der Waals surface area contributed by atoms with Crippen LogP contribution in [0, 0.1) is 5.13 Å². The number of halogens is 1. The van der Waals surface area contributed by atoms with Gasteiger partial charge in [0, 0.05) is 11.1 Å². The largest absolute Gasteiger partial charge is 0.464 e. The van der Waals surface area contributed by atoms with Gasteiger partial charge in [-0.3, -0.25) is 4.68 Å². The van der Waals surface area contributed by atoms with Crippen LogP contribution in [0.3, 0.4) is 0 Å². The van der Waals surface area contributed by atoms with Gasteiger partial charge < -0.3 is 4.74 Å². The molecule has 2 aromatic heterocycles. The second-order valence-electron chi connectivity index (χ2n) is 3.07. The Morgan fingerprint density at radius 1 is 1.56 bits per heavy atom. The van der Waals surface area contributed by atoms with Gasteiger partial charge in [0.05, 0.1) is 13.7 Å². The number of aromatic nitrogens is 2. The molecule has 0 fully saturated rings. The summed E-state index contributed by atoms with van der Waals surface area (Å²) in [5.74, 6) is -0.450. The Morgan fingerprint density at radius 2 is 2.38 bits per heavy atom. The summed E-state index contributed by atoms with van der Waals surface area (Å²) < 4.78 is 18.9. The Hall–Kier alpha value is -1.69. The van der Waals surface area contributed by atoms with E-state index in [4.69, 9.17) is 0 Å². The van der Waals surface area contributed by atoms with Crippen LogP contribution in [0.1, 0.15) is 15.4 Å². The molecule has 16 heavy (non-hydrogen) atoms. The van der Waals surface area contributed by atoms with Gasteiger partial charge in [0.2, 0.25) is 0 Å². The van der Waals surface area contributed by atoms with E-state index in [0.717, 1.165) is 16.2 Å². The van der Waals surface area contributed by atoms with Crippen LogP contribution < -0.4 is 0 Å². The minimum Gasteiger partial charge on any atom is -0.464 e. The lowest BCUT2D eigenvalue weighted by Crippen LogP contribution is -2.12. The zero-order valence-electron chi connectivity index (χ0n) is 8.51. The monoisotopic (exact) mass is 240 g/mol. The second-order valence-corrected chi connectivity index (χ2v) is 4.19. The van der Waals surface area contributed by atoms with Crippen molar-refractivity contribution in [3.63, 3.8) is 0 Å². The zero-order chi connectivity index (χ0) is 11.5. The van der Waals surface area contributed by atoms with Crippen molar-refractivity contribution in [2.75, 3.05) is 7.11 Å². The highest BCUT2D eigenvalue weighted by Crippen LogP contribution is 2.16. The van der Waals surface area contributed by atoms with Gasteiger partial charge >= 0.3 is 5.97 Å². The lowest BCUT2D eigenvalue weighted by Gasteiger charge is -2.03. The summed E-state index contributed by atoms with van der Waals surface area (Å²) in [6, 6.07) is 4.62. The van der Waals surface area contributed by atoms with Crippen LogP contribution in [-0.4, -0.2) is 22.9 Å². The number of nitrogens with zero attached hydrogens (tertiary/aromatic N) is 2. The average Bonchev–Trinajstić information content (AvgIpc) is 2.87. The molecule has 2 rings (SSSR count). The van der Waals surface area contributed by atoms with E-state index in [1.165, 1.54) is 24.1 Å². The van der Waals surface area contributed by atoms with Gasteiger partial charge in [0.25, 0.3) is 0 Å². The number of carbonyl (C=O) groups excluding carboxylic acids is 1. The van der Waals surface area contributed by atoms with Crippen LogP contribution in [0.25, 0.3) is 0 Å². The van der Waals surface area contributed by atoms with Crippen molar-refractivity contribution >= 4 is 17.3 Å². The molecule has 0 spiro atoms. The van der Waals surface area contributed by atoms with Crippen LogP contribution in [0.2, 0.25) is 0 Å². The molecule has 0 unspecified atom stereocenters.